The summed E-state index contributed by atoms with van der Waals surface area (Å²) in [6, 6.07) is 13.4. The van der Waals surface area contributed by atoms with Gasteiger partial charge in [-0.1, -0.05) is 30.3 Å². The maximum atomic E-state index is 12.7. The second kappa shape index (κ2) is 7.45. The normalized spacial score (nSPS) is 15.8. The number of benzene rings is 2. The first-order valence-electron chi connectivity index (χ1n) is 8.61. The molecule has 0 aliphatic carbocycles. The van der Waals surface area contributed by atoms with E-state index >= 15 is 0 Å². The smallest absolute Gasteiger partial charge is 0.253 e. The molecule has 0 radical (unpaired) electrons. The lowest BCUT2D eigenvalue weighted by atomic mass is 10.0. The number of fused-ring (bicyclic) bond motifs is 1. The van der Waals surface area contributed by atoms with Gasteiger partial charge in [-0.15, -0.1) is 0 Å². The Bertz CT molecular complexity index is 931. The molecule has 6 nitrogen and oxygen atoms in total. The number of nitrogens with zero attached hydrogens (tertiary/aromatic N) is 1. The highest BCUT2D eigenvalue weighted by Crippen LogP contribution is 2.22. The molecule has 7 heteroatoms. The summed E-state index contributed by atoms with van der Waals surface area (Å²) in [5.74, 6) is -1.08. The van der Waals surface area contributed by atoms with Crippen LogP contribution in [0.3, 0.4) is 0 Å². The van der Waals surface area contributed by atoms with Crippen molar-refractivity contribution in [3.8, 4) is 0 Å². The minimum absolute atomic E-state index is 0.0853. The maximum Gasteiger partial charge on any atom is 0.253 e. The van der Waals surface area contributed by atoms with Gasteiger partial charge in [-0.05, 0) is 35.7 Å². The predicted molar refractivity (Wildman–Crippen MR) is 101 cm³/mol. The van der Waals surface area contributed by atoms with Crippen LogP contribution in [0.4, 0.5) is 0 Å². The third-order valence-corrected chi connectivity index (χ3v) is 7.00. The van der Waals surface area contributed by atoms with Gasteiger partial charge >= 0.3 is 0 Å². The number of amides is 2. The molecular weight excluding hydrogens is 352 g/mol. The number of carbonyl (C=O) groups excluding carboxylic acids is 2. The number of hydrogen-bond acceptors (Lipinski definition) is 4. The number of nitrogens with one attached hydrogen (secondary N) is 1. The third kappa shape index (κ3) is 3.88. The zero-order chi connectivity index (χ0) is 18.7. The molecule has 138 valence electrons. The molecule has 0 saturated carbocycles. The average Bonchev–Trinajstić information content (AvgIpc) is 2.66. The van der Waals surface area contributed by atoms with Crippen molar-refractivity contribution in [3.05, 3.63) is 48.0 Å². The van der Waals surface area contributed by atoms with Gasteiger partial charge in [0.25, 0.3) is 5.91 Å². The fourth-order valence-electron chi connectivity index (χ4n) is 3.30. The highest BCUT2D eigenvalue weighted by Gasteiger charge is 2.33. The first kappa shape index (κ1) is 18.4. The fourth-order valence-corrected chi connectivity index (χ4v) is 4.97. The molecule has 1 fully saturated rings. The van der Waals surface area contributed by atoms with E-state index in [-0.39, 0.29) is 5.91 Å². The van der Waals surface area contributed by atoms with Crippen molar-refractivity contribution < 1.29 is 18.0 Å². The summed E-state index contributed by atoms with van der Waals surface area (Å²) in [7, 11) is -2.07. The minimum Gasteiger partial charge on any atom is -0.358 e. The Morgan fingerprint density at radius 3 is 2.38 bits per heavy atom. The van der Waals surface area contributed by atoms with Crippen molar-refractivity contribution in [2.75, 3.05) is 25.9 Å². The van der Waals surface area contributed by atoms with Crippen LogP contribution in [-0.4, -0.2) is 56.3 Å². The lowest BCUT2D eigenvalue weighted by Crippen LogP contribution is -2.44. The molecule has 0 spiro atoms. The van der Waals surface area contributed by atoms with E-state index in [9.17, 15) is 18.0 Å². The van der Waals surface area contributed by atoms with Gasteiger partial charge in [-0.25, -0.2) is 8.42 Å². The average molecular weight is 374 g/mol. The van der Waals surface area contributed by atoms with Crippen LogP contribution >= 0.6 is 0 Å². The Hall–Kier alpha value is -2.41. The maximum absolute atomic E-state index is 12.7. The van der Waals surface area contributed by atoms with Gasteiger partial charge in [-0.3, -0.25) is 9.59 Å². The summed E-state index contributed by atoms with van der Waals surface area (Å²) < 4.78 is 24.6. The Balaban J connectivity index is 1.67. The van der Waals surface area contributed by atoms with Crippen molar-refractivity contribution in [3.63, 3.8) is 0 Å². The molecule has 1 N–H and O–H groups in total. The second-order valence-corrected chi connectivity index (χ2v) is 8.81. The molecule has 1 saturated heterocycles. The van der Waals surface area contributed by atoms with Gasteiger partial charge in [0.15, 0.2) is 9.84 Å². The molecule has 2 amide bonds. The van der Waals surface area contributed by atoms with E-state index in [0.29, 0.717) is 31.5 Å². The van der Waals surface area contributed by atoms with Crippen molar-refractivity contribution in [2.24, 2.45) is 0 Å². The molecule has 0 unspecified atom stereocenters. The molecule has 2 aromatic rings. The monoisotopic (exact) mass is 374 g/mol. The van der Waals surface area contributed by atoms with Crippen LogP contribution in [0.15, 0.2) is 42.5 Å². The second-order valence-electron chi connectivity index (χ2n) is 6.53. The van der Waals surface area contributed by atoms with E-state index in [1.807, 2.05) is 36.4 Å². The van der Waals surface area contributed by atoms with Crippen molar-refractivity contribution in [2.45, 2.75) is 18.1 Å². The van der Waals surface area contributed by atoms with Crippen LogP contribution in [-0.2, 0) is 14.6 Å². The molecule has 1 aliphatic rings. The number of rotatable bonds is 4. The van der Waals surface area contributed by atoms with Crippen LogP contribution in [0.2, 0.25) is 0 Å². The number of likely N-dealkylation sites (tertiary alicyclic amines) is 1. The van der Waals surface area contributed by atoms with E-state index in [1.165, 1.54) is 7.05 Å². The molecule has 3 rings (SSSR count). The number of piperidine rings is 1. The quantitative estimate of drug-likeness (QED) is 0.881. The van der Waals surface area contributed by atoms with E-state index in [2.05, 4.69) is 5.32 Å². The van der Waals surface area contributed by atoms with Gasteiger partial charge in [0, 0.05) is 25.7 Å². The molecule has 1 aliphatic heterocycles. The summed E-state index contributed by atoms with van der Waals surface area (Å²) in [4.78, 5) is 25.8. The van der Waals surface area contributed by atoms with E-state index in [4.69, 9.17) is 0 Å². The SMILES string of the molecule is CNC(=O)CS(=O)(=O)C1CCN(C(=O)c2ccc3ccccc3c2)CC1. The Morgan fingerprint density at radius 1 is 1.08 bits per heavy atom. The summed E-state index contributed by atoms with van der Waals surface area (Å²) >= 11 is 0. The molecule has 0 atom stereocenters. The molecular formula is C19H22N2O4S. The Morgan fingerprint density at radius 2 is 1.73 bits per heavy atom. The largest absolute Gasteiger partial charge is 0.358 e. The fraction of sp³-hybridized carbons (Fsp3) is 0.368. The lowest BCUT2D eigenvalue weighted by Gasteiger charge is -2.31. The zero-order valence-electron chi connectivity index (χ0n) is 14.6. The van der Waals surface area contributed by atoms with Crippen molar-refractivity contribution in [1.29, 1.82) is 0 Å². The number of carbonyl (C=O) groups is 2. The van der Waals surface area contributed by atoms with E-state index in [1.54, 1.807) is 11.0 Å². The molecule has 1 heterocycles. The van der Waals surface area contributed by atoms with Crippen molar-refractivity contribution >= 4 is 32.4 Å². The van der Waals surface area contributed by atoms with Crippen LogP contribution < -0.4 is 5.32 Å². The summed E-state index contributed by atoms with van der Waals surface area (Å²) in [5, 5.41) is 3.85. The highest BCUT2D eigenvalue weighted by molar-refractivity contribution is 7.92. The van der Waals surface area contributed by atoms with Crippen LogP contribution in [0.5, 0.6) is 0 Å². The molecule has 2 aromatic carbocycles. The first-order valence-corrected chi connectivity index (χ1v) is 10.3. The standard InChI is InChI=1S/C19H22N2O4S/c1-20-18(22)13-26(24,25)17-8-10-21(11-9-17)19(23)16-7-6-14-4-2-3-5-15(14)12-16/h2-7,12,17H,8-11,13H2,1H3,(H,20,22). The molecule has 26 heavy (non-hydrogen) atoms. The predicted octanol–water partition coefficient (Wildman–Crippen LogP) is 1.61. The molecule has 0 bridgehead atoms. The highest BCUT2D eigenvalue weighted by atomic mass is 32.2. The van der Waals surface area contributed by atoms with Gasteiger partial charge in [0.2, 0.25) is 5.91 Å². The van der Waals surface area contributed by atoms with Gasteiger partial charge in [0.1, 0.15) is 5.75 Å². The van der Waals surface area contributed by atoms with Crippen molar-refractivity contribution in [1.82, 2.24) is 10.2 Å². The minimum atomic E-state index is -3.49. The first-order chi connectivity index (χ1) is 12.4. The number of sulfone groups is 1. The summed E-state index contributed by atoms with van der Waals surface area (Å²) in [5.41, 5.74) is 0.607. The topological polar surface area (TPSA) is 83.6 Å². The van der Waals surface area contributed by atoms with Gasteiger partial charge < -0.3 is 10.2 Å². The van der Waals surface area contributed by atoms with Gasteiger partial charge in [-0.2, -0.15) is 0 Å². The zero-order valence-corrected chi connectivity index (χ0v) is 15.5. The Kier molecular flexibility index (Phi) is 5.27. The van der Waals surface area contributed by atoms with Crippen LogP contribution in [0.1, 0.15) is 23.2 Å². The Labute approximate surface area is 153 Å². The van der Waals surface area contributed by atoms with Gasteiger partial charge in [0.05, 0.1) is 5.25 Å². The summed E-state index contributed by atoms with van der Waals surface area (Å²) in [6.07, 6.45) is 0.720. The third-order valence-electron chi connectivity index (χ3n) is 4.84. The summed E-state index contributed by atoms with van der Waals surface area (Å²) in [6.45, 7) is 0.757. The van der Waals surface area contributed by atoms with Crippen LogP contribution in [0, 0.1) is 0 Å². The van der Waals surface area contributed by atoms with E-state index in [0.717, 1.165) is 10.8 Å². The van der Waals surface area contributed by atoms with Crippen LogP contribution in [0.25, 0.3) is 10.8 Å². The molecule has 0 aromatic heterocycles. The van der Waals surface area contributed by atoms with E-state index < -0.39 is 26.7 Å². The number of hydrogen-bond donors (Lipinski definition) is 1. The lowest BCUT2D eigenvalue weighted by molar-refractivity contribution is -0.118.